The predicted molar refractivity (Wildman–Crippen MR) is 66.6 cm³/mol. The lowest BCUT2D eigenvalue weighted by atomic mass is 10.1. The zero-order chi connectivity index (χ0) is 12.8. The van der Waals surface area contributed by atoms with Crippen molar-refractivity contribution in [3.8, 4) is 0 Å². The standard InChI is InChI=1S/C13H19NO3/c1-4-10(13(15)16)7-12(9(2)3)14-8-11-5-6-17-11/h4,7,11,14H,1,5-6,8H2,2-3H3,(H,15,16)/b10-7+/t11-/m0/s1. The fourth-order valence-corrected chi connectivity index (χ4v) is 1.40. The number of nitrogens with one attached hydrogen (secondary N) is 1. The Bertz CT molecular complexity index is 361. The Kier molecular flexibility index (Phi) is 4.97. The fraction of sp³-hybridized carbons (Fsp3) is 0.462. The molecule has 1 saturated heterocycles. The Labute approximate surface area is 102 Å². The number of allylic oxidation sites excluding steroid dienone is 2. The zero-order valence-corrected chi connectivity index (χ0v) is 10.3. The van der Waals surface area contributed by atoms with Crippen LogP contribution in [-0.4, -0.2) is 30.3 Å². The van der Waals surface area contributed by atoms with Crippen LogP contribution in [0.4, 0.5) is 0 Å². The first-order valence-electron chi connectivity index (χ1n) is 5.65. The Morgan fingerprint density at radius 3 is 2.59 bits per heavy atom. The Morgan fingerprint density at radius 1 is 1.59 bits per heavy atom. The maximum absolute atomic E-state index is 10.9. The summed E-state index contributed by atoms with van der Waals surface area (Å²) in [7, 11) is 0. The van der Waals surface area contributed by atoms with E-state index in [9.17, 15) is 4.79 Å². The Hall–Kier alpha value is -1.55. The molecular weight excluding hydrogens is 218 g/mol. The molecule has 4 heteroatoms. The number of carbonyl (C=O) groups is 1. The van der Waals surface area contributed by atoms with Crippen molar-refractivity contribution in [2.24, 2.45) is 0 Å². The van der Waals surface area contributed by atoms with Crippen molar-refractivity contribution < 1.29 is 14.6 Å². The van der Waals surface area contributed by atoms with Gasteiger partial charge in [-0.15, -0.1) is 0 Å². The molecule has 1 fully saturated rings. The molecule has 0 unspecified atom stereocenters. The topological polar surface area (TPSA) is 58.6 Å². The van der Waals surface area contributed by atoms with Crippen molar-refractivity contribution in [2.45, 2.75) is 26.4 Å². The van der Waals surface area contributed by atoms with E-state index in [4.69, 9.17) is 9.84 Å². The summed E-state index contributed by atoms with van der Waals surface area (Å²) in [6, 6.07) is 0. The second kappa shape index (κ2) is 6.25. The largest absolute Gasteiger partial charge is 0.478 e. The number of aliphatic carboxylic acids is 1. The number of hydrogen-bond acceptors (Lipinski definition) is 3. The van der Waals surface area contributed by atoms with Crippen molar-refractivity contribution >= 4 is 5.97 Å². The molecule has 0 saturated carbocycles. The number of ether oxygens (including phenoxy) is 1. The second-order valence-electron chi connectivity index (χ2n) is 4.19. The van der Waals surface area contributed by atoms with Crippen molar-refractivity contribution in [3.05, 3.63) is 35.6 Å². The minimum Gasteiger partial charge on any atom is -0.478 e. The molecule has 4 nitrogen and oxygen atoms in total. The van der Waals surface area contributed by atoms with E-state index < -0.39 is 5.97 Å². The summed E-state index contributed by atoms with van der Waals surface area (Å²) in [6.45, 7) is 8.89. The zero-order valence-electron chi connectivity index (χ0n) is 10.3. The quantitative estimate of drug-likeness (QED) is 0.547. The Balaban J connectivity index is 2.68. The molecule has 0 amide bonds. The number of hydrogen-bond donors (Lipinski definition) is 2. The van der Waals surface area contributed by atoms with E-state index in [1.54, 1.807) is 6.08 Å². The lowest BCUT2D eigenvalue weighted by molar-refractivity contribution is -0.132. The monoisotopic (exact) mass is 237 g/mol. The third-order valence-corrected chi connectivity index (χ3v) is 2.62. The molecule has 1 atom stereocenters. The molecule has 0 bridgehead atoms. The molecule has 0 radical (unpaired) electrons. The van der Waals surface area contributed by atoms with Gasteiger partial charge in [0.15, 0.2) is 0 Å². The minimum absolute atomic E-state index is 0.184. The van der Waals surface area contributed by atoms with Crippen LogP contribution in [0.2, 0.25) is 0 Å². The first-order valence-corrected chi connectivity index (χ1v) is 5.65. The molecule has 1 aliphatic rings. The molecule has 0 aromatic rings. The third kappa shape index (κ3) is 4.07. The van der Waals surface area contributed by atoms with Crippen LogP contribution in [0.3, 0.4) is 0 Å². The van der Waals surface area contributed by atoms with Gasteiger partial charge < -0.3 is 15.2 Å². The predicted octanol–water partition coefficient (Wildman–Crippen LogP) is 1.86. The third-order valence-electron chi connectivity index (χ3n) is 2.62. The summed E-state index contributed by atoms with van der Waals surface area (Å²) >= 11 is 0. The van der Waals surface area contributed by atoms with Crippen molar-refractivity contribution in [1.82, 2.24) is 5.32 Å². The van der Waals surface area contributed by atoms with Crippen LogP contribution in [0.1, 0.15) is 20.3 Å². The van der Waals surface area contributed by atoms with Gasteiger partial charge in [0.25, 0.3) is 0 Å². The van der Waals surface area contributed by atoms with Crippen LogP contribution in [-0.2, 0) is 9.53 Å². The summed E-state index contributed by atoms with van der Waals surface area (Å²) in [4.78, 5) is 10.9. The molecule has 94 valence electrons. The van der Waals surface area contributed by atoms with Gasteiger partial charge in [-0.05, 0) is 26.3 Å². The van der Waals surface area contributed by atoms with Crippen LogP contribution in [0.5, 0.6) is 0 Å². The fourth-order valence-electron chi connectivity index (χ4n) is 1.40. The van der Waals surface area contributed by atoms with E-state index in [0.717, 1.165) is 24.3 Å². The smallest absolute Gasteiger partial charge is 0.335 e. The van der Waals surface area contributed by atoms with Gasteiger partial charge in [-0.1, -0.05) is 18.2 Å². The van der Waals surface area contributed by atoms with Crippen LogP contribution < -0.4 is 5.32 Å². The SMILES string of the molecule is C=C/C(=C\C(NC[C@@H]1CCO1)=C(C)C)C(=O)O. The van der Waals surface area contributed by atoms with Crippen molar-refractivity contribution in [1.29, 1.82) is 0 Å². The van der Waals surface area contributed by atoms with Gasteiger partial charge >= 0.3 is 5.97 Å². The summed E-state index contributed by atoms with van der Waals surface area (Å²) in [5, 5.41) is 12.1. The van der Waals surface area contributed by atoms with E-state index in [-0.39, 0.29) is 11.7 Å². The molecule has 1 rings (SSSR count). The van der Waals surface area contributed by atoms with Gasteiger partial charge in [-0.25, -0.2) is 4.79 Å². The first kappa shape index (κ1) is 13.5. The van der Waals surface area contributed by atoms with Gasteiger partial charge in [0.1, 0.15) is 0 Å². The molecular formula is C13H19NO3. The van der Waals surface area contributed by atoms with Gasteiger partial charge in [-0.3, -0.25) is 0 Å². The second-order valence-corrected chi connectivity index (χ2v) is 4.19. The molecule has 17 heavy (non-hydrogen) atoms. The molecule has 0 aliphatic carbocycles. The van der Waals surface area contributed by atoms with E-state index in [1.165, 1.54) is 6.08 Å². The highest BCUT2D eigenvalue weighted by atomic mass is 16.5. The summed E-state index contributed by atoms with van der Waals surface area (Å²) in [6.07, 6.45) is 4.24. The van der Waals surface area contributed by atoms with E-state index in [2.05, 4.69) is 11.9 Å². The van der Waals surface area contributed by atoms with Crippen molar-refractivity contribution in [2.75, 3.05) is 13.2 Å². The van der Waals surface area contributed by atoms with E-state index in [1.807, 2.05) is 13.8 Å². The average molecular weight is 237 g/mol. The van der Waals surface area contributed by atoms with E-state index >= 15 is 0 Å². The maximum Gasteiger partial charge on any atom is 0.335 e. The normalized spacial score (nSPS) is 19.2. The average Bonchev–Trinajstić information content (AvgIpc) is 2.19. The van der Waals surface area contributed by atoms with E-state index in [0.29, 0.717) is 6.54 Å². The highest BCUT2D eigenvalue weighted by molar-refractivity contribution is 5.90. The van der Waals surface area contributed by atoms with Crippen LogP contribution >= 0.6 is 0 Å². The lowest BCUT2D eigenvalue weighted by Gasteiger charge is -2.27. The molecule has 1 aliphatic heterocycles. The number of carboxylic acid groups (broad SMARTS) is 1. The van der Waals surface area contributed by atoms with Gasteiger partial charge in [-0.2, -0.15) is 0 Å². The van der Waals surface area contributed by atoms with Crippen LogP contribution in [0.25, 0.3) is 0 Å². The van der Waals surface area contributed by atoms with Crippen LogP contribution in [0, 0.1) is 0 Å². The lowest BCUT2D eigenvalue weighted by Crippen LogP contribution is -2.36. The first-order chi connectivity index (χ1) is 8.04. The molecule has 0 spiro atoms. The highest BCUT2D eigenvalue weighted by Crippen LogP contribution is 2.12. The molecule has 2 N–H and O–H groups in total. The van der Waals surface area contributed by atoms with Gasteiger partial charge in [0, 0.05) is 18.8 Å². The number of rotatable bonds is 6. The minimum atomic E-state index is -0.972. The van der Waals surface area contributed by atoms with Crippen LogP contribution in [0.15, 0.2) is 35.6 Å². The molecule has 1 heterocycles. The van der Waals surface area contributed by atoms with Gasteiger partial charge in [0.05, 0.1) is 11.7 Å². The summed E-state index contributed by atoms with van der Waals surface area (Å²) in [5.74, 6) is -0.972. The van der Waals surface area contributed by atoms with Crippen molar-refractivity contribution in [3.63, 3.8) is 0 Å². The highest BCUT2D eigenvalue weighted by Gasteiger charge is 2.17. The number of carboxylic acids is 1. The maximum atomic E-state index is 10.9. The summed E-state index contributed by atoms with van der Waals surface area (Å²) < 4.78 is 5.30. The summed E-state index contributed by atoms with van der Waals surface area (Å²) in [5.41, 5.74) is 2.03. The Morgan fingerprint density at radius 2 is 2.24 bits per heavy atom. The molecule has 0 aromatic carbocycles. The molecule has 0 aromatic heterocycles. The van der Waals surface area contributed by atoms with Gasteiger partial charge in [0.2, 0.25) is 0 Å².